The molecular formula is C15H11ClF3N5O2. The molecule has 26 heavy (non-hydrogen) atoms. The first kappa shape index (κ1) is 19.3. The summed E-state index contributed by atoms with van der Waals surface area (Å²) >= 11 is 5.59. The number of nitro groups is 1. The first-order valence-corrected chi connectivity index (χ1v) is 7.50. The smallest absolute Gasteiger partial charge is 0.378 e. The van der Waals surface area contributed by atoms with E-state index in [0.717, 1.165) is 6.07 Å². The summed E-state index contributed by atoms with van der Waals surface area (Å²) < 4.78 is 38.5. The first-order chi connectivity index (χ1) is 12.2. The average molecular weight is 386 g/mol. The fourth-order valence-corrected chi connectivity index (χ4v) is 2.36. The summed E-state index contributed by atoms with van der Waals surface area (Å²) in [5.41, 5.74) is -1.84. The number of hydrogen-bond acceptors (Lipinski definition) is 6. The zero-order valence-corrected chi connectivity index (χ0v) is 13.7. The molecule has 0 atom stereocenters. The number of nitro benzene ring substituents is 1. The van der Waals surface area contributed by atoms with Crippen molar-refractivity contribution in [1.29, 1.82) is 5.26 Å². The molecule has 0 unspecified atom stereocenters. The summed E-state index contributed by atoms with van der Waals surface area (Å²) in [6, 6.07) is 6.36. The van der Waals surface area contributed by atoms with Gasteiger partial charge in [-0.3, -0.25) is 10.1 Å². The average Bonchev–Trinajstić information content (AvgIpc) is 2.57. The van der Waals surface area contributed by atoms with Gasteiger partial charge >= 0.3 is 6.18 Å². The van der Waals surface area contributed by atoms with E-state index in [0.29, 0.717) is 17.4 Å². The molecule has 0 amide bonds. The fraction of sp³-hybridized carbons (Fsp3) is 0.200. The van der Waals surface area contributed by atoms with Crippen LogP contribution in [0.2, 0.25) is 5.02 Å². The van der Waals surface area contributed by atoms with Gasteiger partial charge in [-0.05, 0) is 18.2 Å². The molecule has 1 aromatic carbocycles. The third kappa shape index (κ3) is 4.52. The largest absolute Gasteiger partial charge is 0.418 e. The third-order valence-corrected chi connectivity index (χ3v) is 3.56. The number of nitrogens with one attached hydrogen (secondary N) is 2. The maximum absolute atomic E-state index is 12.8. The molecule has 0 bridgehead atoms. The first-order valence-electron chi connectivity index (χ1n) is 7.12. The standard InChI is InChI=1S/C15H11ClF3N5O2/c16-11-7-12(13(24(25)26)6-10(11)15(17,18)19)21-4-5-23-14-9(8-20)2-1-3-22-14/h1-3,6-7,21H,4-5H2,(H,22,23). The summed E-state index contributed by atoms with van der Waals surface area (Å²) in [7, 11) is 0. The van der Waals surface area contributed by atoms with Gasteiger partial charge in [0.1, 0.15) is 17.6 Å². The highest BCUT2D eigenvalue weighted by Crippen LogP contribution is 2.40. The molecular weight excluding hydrogens is 375 g/mol. The number of halogens is 4. The number of pyridine rings is 1. The minimum atomic E-state index is -4.80. The SMILES string of the molecule is N#Cc1cccnc1NCCNc1cc(Cl)c(C(F)(F)F)cc1[N+](=O)[O-]. The van der Waals surface area contributed by atoms with Crippen LogP contribution in [0, 0.1) is 21.4 Å². The van der Waals surface area contributed by atoms with E-state index >= 15 is 0 Å². The molecule has 0 radical (unpaired) electrons. The van der Waals surface area contributed by atoms with Gasteiger partial charge < -0.3 is 10.6 Å². The monoisotopic (exact) mass is 385 g/mol. The molecule has 0 aliphatic heterocycles. The number of anilines is 2. The predicted octanol–water partition coefficient (Wildman–Crippen LogP) is 4.06. The highest BCUT2D eigenvalue weighted by atomic mass is 35.5. The molecule has 2 N–H and O–H groups in total. The van der Waals surface area contributed by atoms with Gasteiger partial charge in [0.15, 0.2) is 0 Å². The molecule has 1 aromatic heterocycles. The van der Waals surface area contributed by atoms with E-state index < -0.39 is 27.4 Å². The van der Waals surface area contributed by atoms with E-state index in [-0.39, 0.29) is 18.8 Å². The quantitative estimate of drug-likeness (QED) is 0.441. The Labute approximate surface area is 150 Å². The van der Waals surface area contributed by atoms with Crippen LogP contribution in [0.15, 0.2) is 30.5 Å². The molecule has 0 saturated heterocycles. The van der Waals surface area contributed by atoms with Crippen molar-refractivity contribution in [3.8, 4) is 6.07 Å². The Morgan fingerprint density at radius 2 is 2.00 bits per heavy atom. The van der Waals surface area contributed by atoms with Gasteiger partial charge in [0.25, 0.3) is 5.69 Å². The van der Waals surface area contributed by atoms with Crippen LogP contribution in [0.25, 0.3) is 0 Å². The van der Waals surface area contributed by atoms with Gasteiger partial charge in [0.05, 0.1) is 21.1 Å². The maximum Gasteiger partial charge on any atom is 0.418 e. The Morgan fingerprint density at radius 3 is 2.62 bits per heavy atom. The molecule has 0 spiro atoms. The summed E-state index contributed by atoms with van der Waals surface area (Å²) in [6.45, 7) is 0.325. The van der Waals surface area contributed by atoms with Gasteiger partial charge in [0.2, 0.25) is 0 Å². The molecule has 0 aliphatic carbocycles. The van der Waals surface area contributed by atoms with E-state index in [4.69, 9.17) is 16.9 Å². The minimum absolute atomic E-state index is 0.115. The zero-order chi connectivity index (χ0) is 19.3. The minimum Gasteiger partial charge on any atom is -0.378 e. The molecule has 0 aliphatic rings. The Bertz CT molecular complexity index is 867. The lowest BCUT2D eigenvalue weighted by Gasteiger charge is -2.13. The molecule has 11 heteroatoms. The van der Waals surface area contributed by atoms with Crippen LogP contribution in [0.1, 0.15) is 11.1 Å². The van der Waals surface area contributed by atoms with Crippen LogP contribution < -0.4 is 10.6 Å². The lowest BCUT2D eigenvalue weighted by atomic mass is 10.1. The van der Waals surface area contributed by atoms with Crippen molar-refractivity contribution in [2.24, 2.45) is 0 Å². The van der Waals surface area contributed by atoms with Gasteiger partial charge in [-0.15, -0.1) is 0 Å². The van der Waals surface area contributed by atoms with Crippen LogP contribution in [-0.4, -0.2) is 23.0 Å². The molecule has 1 heterocycles. The van der Waals surface area contributed by atoms with Crippen molar-refractivity contribution in [1.82, 2.24) is 4.98 Å². The van der Waals surface area contributed by atoms with Crippen LogP contribution in [0.4, 0.5) is 30.4 Å². The van der Waals surface area contributed by atoms with Crippen molar-refractivity contribution >= 4 is 28.8 Å². The molecule has 2 aromatic rings. The predicted molar refractivity (Wildman–Crippen MR) is 89.0 cm³/mol. The summed E-state index contributed by atoms with van der Waals surface area (Å²) in [5.74, 6) is 0.330. The number of aromatic nitrogens is 1. The topological polar surface area (TPSA) is 104 Å². The van der Waals surface area contributed by atoms with Crippen LogP contribution in [0.3, 0.4) is 0 Å². The fourth-order valence-electron chi connectivity index (χ4n) is 2.09. The highest BCUT2D eigenvalue weighted by molar-refractivity contribution is 6.31. The Kier molecular flexibility index (Phi) is 5.84. The van der Waals surface area contributed by atoms with Gasteiger partial charge in [0, 0.05) is 25.4 Å². The lowest BCUT2D eigenvalue weighted by molar-refractivity contribution is -0.384. The van der Waals surface area contributed by atoms with Crippen LogP contribution >= 0.6 is 11.6 Å². The second-order valence-corrected chi connectivity index (χ2v) is 5.38. The number of rotatable bonds is 6. The summed E-state index contributed by atoms with van der Waals surface area (Å²) in [5, 5.41) is 24.9. The van der Waals surface area contributed by atoms with Gasteiger partial charge in [-0.1, -0.05) is 11.6 Å². The van der Waals surface area contributed by atoms with E-state index in [1.807, 2.05) is 6.07 Å². The van der Waals surface area contributed by atoms with Crippen molar-refractivity contribution in [2.75, 3.05) is 23.7 Å². The normalized spacial score (nSPS) is 10.9. The van der Waals surface area contributed by atoms with Crippen molar-refractivity contribution in [3.05, 3.63) is 56.7 Å². The van der Waals surface area contributed by atoms with Gasteiger partial charge in [-0.2, -0.15) is 18.4 Å². The second kappa shape index (κ2) is 7.88. The number of hydrogen-bond donors (Lipinski definition) is 2. The van der Waals surface area contributed by atoms with Crippen molar-refractivity contribution in [2.45, 2.75) is 6.18 Å². The number of nitriles is 1. The lowest BCUT2D eigenvalue weighted by Crippen LogP contribution is -2.16. The molecule has 0 fully saturated rings. The maximum atomic E-state index is 12.8. The van der Waals surface area contributed by atoms with Crippen molar-refractivity contribution < 1.29 is 18.1 Å². The zero-order valence-electron chi connectivity index (χ0n) is 13.0. The molecule has 2 rings (SSSR count). The third-order valence-electron chi connectivity index (χ3n) is 3.25. The Balaban J connectivity index is 2.11. The van der Waals surface area contributed by atoms with Crippen molar-refractivity contribution in [3.63, 3.8) is 0 Å². The second-order valence-electron chi connectivity index (χ2n) is 4.97. The number of benzene rings is 1. The molecule has 7 nitrogen and oxygen atoms in total. The number of alkyl halides is 3. The van der Waals surface area contributed by atoms with E-state index in [9.17, 15) is 23.3 Å². The van der Waals surface area contributed by atoms with Crippen LogP contribution in [0.5, 0.6) is 0 Å². The van der Waals surface area contributed by atoms with Gasteiger partial charge in [-0.25, -0.2) is 4.98 Å². The Morgan fingerprint density at radius 1 is 1.31 bits per heavy atom. The van der Waals surface area contributed by atoms with E-state index in [1.165, 1.54) is 6.20 Å². The van der Waals surface area contributed by atoms with E-state index in [1.54, 1.807) is 12.1 Å². The summed E-state index contributed by atoms with van der Waals surface area (Å²) in [4.78, 5) is 14.1. The highest BCUT2D eigenvalue weighted by Gasteiger charge is 2.36. The van der Waals surface area contributed by atoms with E-state index in [2.05, 4.69) is 15.6 Å². The molecule has 0 saturated carbocycles. The molecule has 136 valence electrons. The summed E-state index contributed by atoms with van der Waals surface area (Å²) in [6.07, 6.45) is -3.31. The number of nitrogens with zero attached hydrogens (tertiary/aromatic N) is 3. The van der Waals surface area contributed by atoms with Crippen LogP contribution in [-0.2, 0) is 6.18 Å². The Hall–Kier alpha value is -3.06.